The number of benzene rings is 1. The van der Waals surface area contributed by atoms with Gasteiger partial charge in [-0.1, -0.05) is 36.7 Å². The summed E-state index contributed by atoms with van der Waals surface area (Å²) in [5, 5.41) is 0. The third-order valence-electron chi connectivity index (χ3n) is 2.40. The van der Waals surface area contributed by atoms with Crippen LogP contribution in [0.3, 0.4) is 0 Å². The van der Waals surface area contributed by atoms with E-state index in [0.717, 1.165) is 15.8 Å². The Kier molecular flexibility index (Phi) is 3.79. The van der Waals surface area contributed by atoms with Gasteiger partial charge in [0.05, 0.1) is 7.11 Å². The summed E-state index contributed by atoms with van der Waals surface area (Å²) in [6.07, 6.45) is 0. The van der Waals surface area contributed by atoms with Gasteiger partial charge >= 0.3 is 0 Å². The van der Waals surface area contributed by atoms with Gasteiger partial charge in [-0.05, 0) is 23.1 Å². The average Bonchev–Trinajstić information content (AvgIpc) is 2.16. The van der Waals surface area contributed by atoms with Crippen LogP contribution in [0.15, 0.2) is 16.6 Å². The van der Waals surface area contributed by atoms with Gasteiger partial charge in [-0.3, -0.25) is 0 Å². The summed E-state index contributed by atoms with van der Waals surface area (Å²) in [6, 6.07) is 4.10. The molecule has 0 heterocycles. The fourth-order valence-electron chi connectivity index (χ4n) is 1.51. The first-order valence-electron chi connectivity index (χ1n) is 4.97. The highest BCUT2D eigenvalue weighted by Gasteiger charge is 2.20. The molecule has 2 nitrogen and oxygen atoms in total. The molecular formula is C12H18BrNO. The SMILES string of the molecule is COc1cc(CN)c(Br)cc1C(C)(C)C. The van der Waals surface area contributed by atoms with Gasteiger partial charge in [-0.25, -0.2) is 0 Å². The van der Waals surface area contributed by atoms with Crippen molar-refractivity contribution in [2.45, 2.75) is 32.7 Å². The summed E-state index contributed by atoms with van der Waals surface area (Å²) >= 11 is 3.53. The van der Waals surface area contributed by atoms with Crippen LogP contribution in [0.25, 0.3) is 0 Å². The van der Waals surface area contributed by atoms with Gasteiger partial charge in [-0.15, -0.1) is 0 Å². The largest absolute Gasteiger partial charge is 0.496 e. The second-order valence-corrected chi connectivity index (χ2v) is 5.45. The topological polar surface area (TPSA) is 35.2 Å². The number of methoxy groups -OCH3 is 1. The Bertz CT molecular complexity index is 355. The molecule has 0 atom stereocenters. The van der Waals surface area contributed by atoms with Crippen LogP contribution in [-0.4, -0.2) is 7.11 Å². The molecular weight excluding hydrogens is 254 g/mol. The summed E-state index contributed by atoms with van der Waals surface area (Å²) in [5.74, 6) is 0.908. The summed E-state index contributed by atoms with van der Waals surface area (Å²) in [4.78, 5) is 0. The maximum Gasteiger partial charge on any atom is 0.122 e. The van der Waals surface area contributed by atoms with Crippen molar-refractivity contribution in [1.82, 2.24) is 0 Å². The molecule has 0 spiro atoms. The average molecular weight is 272 g/mol. The molecule has 2 N–H and O–H groups in total. The van der Waals surface area contributed by atoms with Crippen LogP contribution >= 0.6 is 15.9 Å². The fourth-order valence-corrected chi connectivity index (χ4v) is 2.01. The van der Waals surface area contributed by atoms with Crippen molar-refractivity contribution < 1.29 is 4.74 Å². The van der Waals surface area contributed by atoms with Crippen molar-refractivity contribution in [2.24, 2.45) is 5.73 Å². The molecule has 15 heavy (non-hydrogen) atoms. The normalized spacial score (nSPS) is 11.6. The zero-order chi connectivity index (χ0) is 11.6. The molecule has 1 rings (SSSR count). The van der Waals surface area contributed by atoms with E-state index in [1.807, 2.05) is 6.07 Å². The molecule has 0 aliphatic heterocycles. The molecule has 0 bridgehead atoms. The van der Waals surface area contributed by atoms with Crippen LogP contribution in [0, 0.1) is 0 Å². The Morgan fingerprint density at radius 3 is 2.33 bits per heavy atom. The lowest BCUT2D eigenvalue weighted by Gasteiger charge is -2.23. The molecule has 1 aromatic carbocycles. The zero-order valence-electron chi connectivity index (χ0n) is 9.73. The van der Waals surface area contributed by atoms with Crippen molar-refractivity contribution in [3.8, 4) is 5.75 Å². The molecule has 3 heteroatoms. The van der Waals surface area contributed by atoms with Gasteiger partial charge in [0.25, 0.3) is 0 Å². The van der Waals surface area contributed by atoms with Crippen LogP contribution in [0.1, 0.15) is 31.9 Å². The third kappa shape index (κ3) is 2.73. The quantitative estimate of drug-likeness (QED) is 0.897. The van der Waals surface area contributed by atoms with Crippen molar-refractivity contribution >= 4 is 15.9 Å². The molecule has 0 saturated carbocycles. The van der Waals surface area contributed by atoms with E-state index in [1.165, 1.54) is 5.56 Å². The second-order valence-electron chi connectivity index (χ2n) is 4.60. The van der Waals surface area contributed by atoms with E-state index in [2.05, 4.69) is 42.8 Å². The zero-order valence-corrected chi connectivity index (χ0v) is 11.3. The Morgan fingerprint density at radius 2 is 1.93 bits per heavy atom. The van der Waals surface area contributed by atoms with Crippen molar-refractivity contribution in [2.75, 3.05) is 7.11 Å². The Balaban J connectivity index is 3.34. The predicted octanol–water partition coefficient (Wildman–Crippen LogP) is 3.21. The number of halogens is 1. The number of hydrogen-bond acceptors (Lipinski definition) is 2. The molecule has 0 amide bonds. The first kappa shape index (κ1) is 12.5. The lowest BCUT2D eigenvalue weighted by molar-refractivity contribution is 0.397. The van der Waals surface area contributed by atoms with Gasteiger partial charge < -0.3 is 10.5 Å². The van der Waals surface area contributed by atoms with Gasteiger partial charge in [0.15, 0.2) is 0 Å². The molecule has 0 fully saturated rings. The summed E-state index contributed by atoms with van der Waals surface area (Å²) in [6.45, 7) is 7.01. The van der Waals surface area contributed by atoms with E-state index >= 15 is 0 Å². The standard InChI is InChI=1S/C12H18BrNO/c1-12(2,3)9-6-10(13)8(7-14)5-11(9)15-4/h5-6H,7,14H2,1-4H3. The highest BCUT2D eigenvalue weighted by molar-refractivity contribution is 9.10. The summed E-state index contributed by atoms with van der Waals surface area (Å²) in [5.41, 5.74) is 7.98. The van der Waals surface area contributed by atoms with Crippen LogP contribution < -0.4 is 10.5 Å². The van der Waals surface area contributed by atoms with E-state index in [9.17, 15) is 0 Å². The Hall–Kier alpha value is -0.540. The minimum Gasteiger partial charge on any atom is -0.496 e. The van der Waals surface area contributed by atoms with E-state index in [4.69, 9.17) is 10.5 Å². The van der Waals surface area contributed by atoms with Crippen LogP contribution in [0.4, 0.5) is 0 Å². The Labute approximate surface area is 99.9 Å². The second kappa shape index (κ2) is 4.54. The monoisotopic (exact) mass is 271 g/mol. The first-order chi connectivity index (χ1) is 6.90. The summed E-state index contributed by atoms with van der Waals surface area (Å²) < 4.78 is 6.44. The number of nitrogens with two attached hydrogens (primary N) is 1. The maximum atomic E-state index is 5.65. The van der Waals surface area contributed by atoms with Crippen molar-refractivity contribution in [1.29, 1.82) is 0 Å². The molecule has 0 aliphatic rings. The third-order valence-corrected chi connectivity index (χ3v) is 3.13. The lowest BCUT2D eigenvalue weighted by atomic mass is 9.86. The lowest BCUT2D eigenvalue weighted by Crippen LogP contribution is -2.13. The van der Waals surface area contributed by atoms with E-state index in [-0.39, 0.29) is 5.41 Å². The molecule has 0 saturated heterocycles. The van der Waals surface area contributed by atoms with Crippen molar-refractivity contribution in [3.63, 3.8) is 0 Å². The predicted molar refractivity (Wildman–Crippen MR) is 67.3 cm³/mol. The molecule has 84 valence electrons. The smallest absolute Gasteiger partial charge is 0.122 e. The number of hydrogen-bond donors (Lipinski definition) is 1. The number of rotatable bonds is 2. The van der Waals surface area contributed by atoms with E-state index in [1.54, 1.807) is 7.11 Å². The molecule has 0 unspecified atom stereocenters. The molecule has 0 radical (unpaired) electrons. The van der Waals surface area contributed by atoms with Gasteiger partial charge in [0, 0.05) is 16.6 Å². The minimum atomic E-state index is 0.0704. The first-order valence-corrected chi connectivity index (χ1v) is 5.76. The fraction of sp³-hybridized carbons (Fsp3) is 0.500. The molecule has 0 aromatic heterocycles. The minimum absolute atomic E-state index is 0.0704. The highest BCUT2D eigenvalue weighted by Crippen LogP contribution is 2.35. The van der Waals surface area contributed by atoms with Gasteiger partial charge in [0.1, 0.15) is 5.75 Å². The Morgan fingerprint density at radius 1 is 1.33 bits per heavy atom. The maximum absolute atomic E-state index is 5.65. The van der Waals surface area contributed by atoms with Crippen LogP contribution in [-0.2, 0) is 12.0 Å². The summed E-state index contributed by atoms with van der Waals surface area (Å²) in [7, 11) is 1.69. The van der Waals surface area contributed by atoms with Gasteiger partial charge in [-0.2, -0.15) is 0 Å². The highest BCUT2D eigenvalue weighted by atomic mass is 79.9. The van der Waals surface area contributed by atoms with Crippen LogP contribution in [0.2, 0.25) is 0 Å². The number of ether oxygens (including phenoxy) is 1. The van der Waals surface area contributed by atoms with Crippen molar-refractivity contribution in [3.05, 3.63) is 27.7 Å². The van der Waals surface area contributed by atoms with Gasteiger partial charge in [0.2, 0.25) is 0 Å². The van der Waals surface area contributed by atoms with E-state index < -0.39 is 0 Å². The van der Waals surface area contributed by atoms with Crippen LogP contribution in [0.5, 0.6) is 5.75 Å². The molecule has 0 aliphatic carbocycles. The molecule has 1 aromatic rings. The van der Waals surface area contributed by atoms with E-state index in [0.29, 0.717) is 6.54 Å².